The van der Waals surface area contributed by atoms with E-state index < -0.39 is 0 Å². The van der Waals surface area contributed by atoms with E-state index in [4.69, 9.17) is 0 Å². The molecule has 9 aromatic carbocycles. The number of hydrogen-bond donors (Lipinski definition) is 0. The molecule has 0 aliphatic heterocycles. The van der Waals surface area contributed by atoms with Gasteiger partial charge in [-0.1, -0.05) is 452 Å². The van der Waals surface area contributed by atoms with E-state index in [-0.39, 0.29) is 0 Å². The monoisotopic (exact) mass is 1460 g/mol. The van der Waals surface area contributed by atoms with Crippen molar-refractivity contribution in [3.05, 3.63) is 273 Å². The van der Waals surface area contributed by atoms with Crippen LogP contribution < -0.4 is 0 Å². The molecule has 9 rings (SSSR count). The fourth-order valence-electron chi connectivity index (χ4n) is 15.3. The van der Waals surface area contributed by atoms with Crippen molar-refractivity contribution >= 4 is 0 Å². The standard InChI is InChI=1S/C110H134/c1-5-9-13-17-21-25-29-33-37-41-45-91-49-69-99(70-50-91)103-77-57-95(58-78-103)65-85-107-89-109(87-67-97-61-81-105(82-62-97)101-73-53-93(54-74-101)47-43-39-35-31-27-23-19-15-11-7-3)110(88-68-98-63-83-106(84-64-98)102-75-55-94(56-76-102)48-44-40-36-32-28-24-20-16-12-8-4)90-108(107)86-66-96-59-79-104(80-60-96)100-71-51-92(52-72-100)46-42-38-34-30-26-22-18-14-10-6-2/h49-64,69-84,89-90H,5-48H2,1-4H3. The summed E-state index contributed by atoms with van der Waals surface area (Å²) in [5.74, 6) is 28.8. The number of unbranched alkanes of at least 4 members (excludes halogenated alkanes) is 36. The van der Waals surface area contributed by atoms with Crippen molar-refractivity contribution < 1.29 is 0 Å². The molecule has 0 amide bonds. The van der Waals surface area contributed by atoms with Crippen LogP contribution in [0.1, 0.15) is 351 Å². The van der Waals surface area contributed by atoms with Crippen LogP contribution in [-0.2, 0) is 25.7 Å². The molecule has 0 aliphatic rings. The van der Waals surface area contributed by atoms with Gasteiger partial charge in [-0.3, -0.25) is 0 Å². The van der Waals surface area contributed by atoms with Crippen LogP contribution >= 0.6 is 0 Å². The molecule has 0 saturated heterocycles. The molecule has 110 heavy (non-hydrogen) atoms. The van der Waals surface area contributed by atoms with Gasteiger partial charge in [-0.05, 0) is 179 Å². The Kier molecular flexibility index (Phi) is 40.6. The second-order valence-electron chi connectivity index (χ2n) is 31.8. The third kappa shape index (κ3) is 32.7. The molecule has 0 nitrogen and oxygen atoms in total. The van der Waals surface area contributed by atoms with Crippen LogP contribution in [0.2, 0.25) is 0 Å². The van der Waals surface area contributed by atoms with E-state index in [1.165, 1.54) is 324 Å². The fourth-order valence-corrected chi connectivity index (χ4v) is 15.3. The van der Waals surface area contributed by atoms with Gasteiger partial charge in [0.2, 0.25) is 0 Å². The lowest BCUT2D eigenvalue weighted by Crippen LogP contribution is -1.93. The Labute approximate surface area is 670 Å². The highest BCUT2D eigenvalue weighted by Crippen LogP contribution is 2.28. The Balaban J connectivity index is 0.943. The van der Waals surface area contributed by atoms with Gasteiger partial charge >= 0.3 is 0 Å². The first-order chi connectivity index (χ1) is 54.4. The first-order valence-electron chi connectivity index (χ1n) is 44.5. The average molecular weight is 1460 g/mol. The lowest BCUT2D eigenvalue weighted by atomic mass is 9.97. The zero-order chi connectivity index (χ0) is 76.4. The molecule has 0 heterocycles. The SMILES string of the molecule is CCCCCCCCCCCCc1ccc(-c2ccc(C#Cc3cc(C#Cc4ccc(-c5ccc(CCCCCCCCCCCC)cc5)cc4)c(C#Cc4ccc(-c5ccc(CCCCCCCCCCCC)cc5)cc4)cc3C#Cc3ccc(-c4ccc(CCCCCCCCCCCC)cc4)cc3)cc2)cc1. The summed E-state index contributed by atoms with van der Waals surface area (Å²) in [6.45, 7) is 9.19. The molecule has 0 aliphatic carbocycles. The summed E-state index contributed by atoms with van der Waals surface area (Å²) < 4.78 is 0. The summed E-state index contributed by atoms with van der Waals surface area (Å²) in [4.78, 5) is 0. The largest absolute Gasteiger partial charge is 0.0654 e. The Morgan fingerprint density at radius 2 is 0.282 bits per heavy atom. The first-order valence-corrected chi connectivity index (χ1v) is 44.5. The van der Waals surface area contributed by atoms with Gasteiger partial charge in [0, 0.05) is 44.5 Å². The van der Waals surface area contributed by atoms with E-state index in [1.54, 1.807) is 0 Å². The predicted octanol–water partition coefficient (Wildman–Crippen LogP) is 31.8. The molecule has 0 N–H and O–H groups in total. The molecule has 0 fully saturated rings. The van der Waals surface area contributed by atoms with Gasteiger partial charge < -0.3 is 0 Å². The van der Waals surface area contributed by atoms with Crippen molar-refractivity contribution in [2.45, 2.75) is 310 Å². The number of aryl methyl sites for hydroxylation is 4. The highest BCUT2D eigenvalue weighted by atomic mass is 14.1. The van der Waals surface area contributed by atoms with Gasteiger partial charge in [0.05, 0.1) is 0 Å². The molecule has 0 aromatic heterocycles. The summed E-state index contributed by atoms with van der Waals surface area (Å²) in [5, 5.41) is 0. The highest BCUT2D eigenvalue weighted by Gasteiger charge is 2.10. The van der Waals surface area contributed by atoms with Crippen LogP contribution in [0, 0.1) is 47.4 Å². The van der Waals surface area contributed by atoms with Crippen LogP contribution in [0.25, 0.3) is 44.5 Å². The smallest absolute Gasteiger partial charge is 0.0419 e. The molecule has 9 aromatic rings. The molecular formula is C110H134. The Hall–Kier alpha value is -8.78. The molecule has 0 atom stereocenters. The van der Waals surface area contributed by atoms with E-state index in [1.807, 2.05) is 0 Å². The summed E-state index contributed by atoms with van der Waals surface area (Å²) in [6.07, 6.45) is 59.0. The minimum atomic E-state index is 0.815. The number of hydrogen-bond acceptors (Lipinski definition) is 0. The quantitative estimate of drug-likeness (QED) is 0.0263. The zero-order valence-corrected chi connectivity index (χ0v) is 68.7. The third-order valence-corrected chi connectivity index (χ3v) is 22.5. The van der Waals surface area contributed by atoms with E-state index in [2.05, 4.69) is 281 Å². The molecule has 574 valence electrons. The average Bonchev–Trinajstić information content (AvgIpc) is 0.807. The molecule has 0 radical (unpaired) electrons. The van der Waals surface area contributed by atoms with Crippen LogP contribution in [0.3, 0.4) is 0 Å². The van der Waals surface area contributed by atoms with Crippen LogP contribution in [0.5, 0.6) is 0 Å². The Morgan fingerprint density at radius 3 is 0.436 bits per heavy atom. The summed E-state index contributed by atoms with van der Waals surface area (Å²) in [5.41, 5.74) is 22.4. The van der Waals surface area contributed by atoms with E-state index >= 15 is 0 Å². The zero-order valence-electron chi connectivity index (χ0n) is 68.7. The van der Waals surface area contributed by atoms with Crippen molar-refractivity contribution in [3.8, 4) is 91.9 Å². The molecule has 0 spiro atoms. The van der Waals surface area contributed by atoms with Gasteiger partial charge in [0.1, 0.15) is 0 Å². The number of benzene rings is 9. The molecular weight excluding hydrogens is 1320 g/mol. The van der Waals surface area contributed by atoms with Crippen molar-refractivity contribution in [2.24, 2.45) is 0 Å². The third-order valence-electron chi connectivity index (χ3n) is 22.5. The maximum Gasteiger partial charge on any atom is 0.0419 e. The first kappa shape index (κ1) is 85.2. The minimum absolute atomic E-state index is 0.815. The van der Waals surface area contributed by atoms with Crippen LogP contribution in [0.4, 0.5) is 0 Å². The Morgan fingerprint density at radius 1 is 0.145 bits per heavy atom. The fraction of sp³-hybridized carbons (Fsp3) is 0.436. The minimum Gasteiger partial charge on any atom is -0.0654 e. The van der Waals surface area contributed by atoms with Gasteiger partial charge in [0.15, 0.2) is 0 Å². The second kappa shape index (κ2) is 52.4. The summed E-state index contributed by atoms with van der Waals surface area (Å²) in [6, 6.07) is 76.0. The molecule has 0 bridgehead atoms. The summed E-state index contributed by atoms with van der Waals surface area (Å²) in [7, 11) is 0. The normalized spacial score (nSPS) is 10.9. The van der Waals surface area contributed by atoms with E-state index in [0.29, 0.717) is 0 Å². The summed E-state index contributed by atoms with van der Waals surface area (Å²) >= 11 is 0. The van der Waals surface area contributed by atoms with Crippen molar-refractivity contribution in [3.63, 3.8) is 0 Å². The highest BCUT2D eigenvalue weighted by molar-refractivity contribution is 5.70. The maximum absolute atomic E-state index is 3.62. The van der Waals surface area contributed by atoms with Crippen LogP contribution in [0.15, 0.2) is 206 Å². The number of rotatable bonds is 48. The van der Waals surface area contributed by atoms with Crippen molar-refractivity contribution in [2.75, 3.05) is 0 Å². The molecule has 0 heteroatoms. The Bertz CT molecular complexity index is 3680. The van der Waals surface area contributed by atoms with Gasteiger partial charge in [-0.2, -0.15) is 0 Å². The van der Waals surface area contributed by atoms with Gasteiger partial charge in [0.25, 0.3) is 0 Å². The lowest BCUT2D eigenvalue weighted by molar-refractivity contribution is 0.556. The second-order valence-corrected chi connectivity index (χ2v) is 31.8. The molecule has 0 unspecified atom stereocenters. The van der Waals surface area contributed by atoms with E-state index in [0.717, 1.165) is 70.2 Å². The lowest BCUT2D eigenvalue weighted by Gasteiger charge is -2.06. The van der Waals surface area contributed by atoms with Gasteiger partial charge in [-0.25, -0.2) is 0 Å². The van der Waals surface area contributed by atoms with E-state index in [9.17, 15) is 0 Å². The van der Waals surface area contributed by atoms with Crippen molar-refractivity contribution in [1.29, 1.82) is 0 Å². The topological polar surface area (TPSA) is 0 Å². The van der Waals surface area contributed by atoms with Crippen LogP contribution in [-0.4, -0.2) is 0 Å². The maximum atomic E-state index is 3.62. The van der Waals surface area contributed by atoms with Gasteiger partial charge in [-0.15, -0.1) is 0 Å². The van der Waals surface area contributed by atoms with Crippen molar-refractivity contribution in [1.82, 2.24) is 0 Å². The predicted molar refractivity (Wildman–Crippen MR) is 480 cm³/mol. The molecule has 0 saturated carbocycles.